The molecule has 0 bridgehead atoms. The molecule has 0 radical (unpaired) electrons. The molecule has 2 heterocycles. The van der Waals surface area contributed by atoms with E-state index in [9.17, 15) is 14.4 Å². The van der Waals surface area contributed by atoms with E-state index in [1.807, 2.05) is 0 Å². The monoisotopic (exact) mass is 294 g/mol. The number of amides is 4. The quantitative estimate of drug-likeness (QED) is 0.592. The summed E-state index contributed by atoms with van der Waals surface area (Å²) >= 11 is 0. The number of H-pyrrole nitrogens is 1. The minimum absolute atomic E-state index is 0.0717. The Hall–Kier alpha value is -2.45. The van der Waals surface area contributed by atoms with Crippen LogP contribution in [0.1, 0.15) is 26.1 Å². The summed E-state index contributed by atoms with van der Waals surface area (Å²) in [7, 11) is 0. The van der Waals surface area contributed by atoms with Crippen LogP contribution in [0.2, 0.25) is 0 Å². The molecule has 1 saturated heterocycles. The van der Waals surface area contributed by atoms with Gasteiger partial charge in [0.05, 0.1) is 0 Å². The highest BCUT2D eigenvalue weighted by molar-refractivity contribution is 6.06. The predicted molar refractivity (Wildman–Crippen MR) is 72.0 cm³/mol. The summed E-state index contributed by atoms with van der Waals surface area (Å²) in [5.41, 5.74) is -0.903. The van der Waals surface area contributed by atoms with E-state index in [2.05, 4.69) is 25.8 Å². The SMILES string of the molecule is CC1(C)NC(=O)N(CCC(=O)NCCc2ncn[nH]2)C1=O. The minimum atomic E-state index is -0.903. The molecule has 0 unspecified atom stereocenters. The lowest BCUT2D eigenvalue weighted by Crippen LogP contribution is -2.40. The second-order valence-corrected chi connectivity index (χ2v) is 5.29. The summed E-state index contributed by atoms with van der Waals surface area (Å²) in [4.78, 5) is 40.2. The third-order valence-corrected chi connectivity index (χ3v) is 3.16. The number of rotatable bonds is 6. The Balaban J connectivity index is 1.72. The number of carbonyl (C=O) groups excluding carboxylic acids is 3. The van der Waals surface area contributed by atoms with Gasteiger partial charge in [0.15, 0.2) is 0 Å². The summed E-state index contributed by atoms with van der Waals surface area (Å²) in [6, 6.07) is -0.459. The molecule has 9 nitrogen and oxygen atoms in total. The molecule has 1 aromatic heterocycles. The smallest absolute Gasteiger partial charge is 0.325 e. The summed E-state index contributed by atoms with van der Waals surface area (Å²) < 4.78 is 0. The standard InChI is InChI=1S/C12H18N6O3/c1-12(2)10(20)18(11(21)16-12)6-4-9(19)13-5-3-8-14-7-15-17-8/h7H,3-6H2,1-2H3,(H,13,19)(H,16,21)(H,14,15,17). The number of aromatic nitrogens is 3. The molecule has 114 valence electrons. The van der Waals surface area contributed by atoms with Gasteiger partial charge >= 0.3 is 6.03 Å². The van der Waals surface area contributed by atoms with Crippen molar-refractivity contribution >= 4 is 17.8 Å². The zero-order valence-electron chi connectivity index (χ0n) is 12.0. The Bertz CT molecular complexity index is 539. The van der Waals surface area contributed by atoms with Gasteiger partial charge in [-0.25, -0.2) is 9.78 Å². The molecular weight excluding hydrogens is 276 g/mol. The lowest BCUT2D eigenvalue weighted by atomic mass is 10.1. The lowest BCUT2D eigenvalue weighted by Gasteiger charge is -2.15. The van der Waals surface area contributed by atoms with E-state index < -0.39 is 11.6 Å². The fourth-order valence-corrected chi connectivity index (χ4v) is 1.99. The first-order chi connectivity index (χ1) is 9.90. The predicted octanol–water partition coefficient (Wildman–Crippen LogP) is -0.816. The maximum absolute atomic E-state index is 11.9. The lowest BCUT2D eigenvalue weighted by molar-refractivity contribution is -0.130. The minimum Gasteiger partial charge on any atom is -0.356 e. The Labute approximate surface area is 121 Å². The Morgan fingerprint density at radius 1 is 1.43 bits per heavy atom. The van der Waals surface area contributed by atoms with Crippen molar-refractivity contribution in [1.82, 2.24) is 30.7 Å². The highest BCUT2D eigenvalue weighted by Crippen LogP contribution is 2.16. The Morgan fingerprint density at radius 3 is 2.76 bits per heavy atom. The average molecular weight is 294 g/mol. The largest absolute Gasteiger partial charge is 0.356 e. The third kappa shape index (κ3) is 3.56. The van der Waals surface area contributed by atoms with Crippen molar-refractivity contribution in [1.29, 1.82) is 0 Å². The molecule has 4 amide bonds. The maximum Gasteiger partial charge on any atom is 0.325 e. The van der Waals surface area contributed by atoms with Crippen LogP contribution in [-0.2, 0) is 16.0 Å². The molecule has 1 fully saturated rings. The third-order valence-electron chi connectivity index (χ3n) is 3.16. The van der Waals surface area contributed by atoms with Crippen LogP contribution in [0, 0.1) is 0 Å². The molecule has 0 saturated carbocycles. The van der Waals surface area contributed by atoms with Crippen LogP contribution in [0.25, 0.3) is 0 Å². The van der Waals surface area contributed by atoms with Crippen molar-refractivity contribution in [3.63, 3.8) is 0 Å². The maximum atomic E-state index is 11.9. The molecule has 3 N–H and O–H groups in total. The van der Waals surface area contributed by atoms with Gasteiger partial charge in [-0.15, -0.1) is 0 Å². The Morgan fingerprint density at radius 2 is 2.19 bits per heavy atom. The zero-order chi connectivity index (χ0) is 15.5. The van der Waals surface area contributed by atoms with Gasteiger partial charge in [0.25, 0.3) is 5.91 Å². The molecule has 21 heavy (non-hydrogen) atoms. The molecular formula is C12H18N6O3. The highest BCUT2D eigenvalue weighted by Gasteiger charge is 2.43. The second-order valence-electron chi connectivity index (χ2n) is 5.29. The van der Waals surface area contributed by atoms with Crippen LogP contribution in [-0.4, -0.2) is 56.6 Å². The van der Waals surface area contributed by atoms with Gasteiger partial charge in [0, 0.05) is 25.9 Å². The van der Waals surface area contributed by atoms with Gasteiger partial charge in [-0.2, -0.15) is 5.10 Å². The van der Waals surface area contributed by atoms with Crippen LogP contribution in [0.4, 0.5) is 4.79 Å². The molecule has 9 heteroatoms. The summed E-state index contributed by atoms with van der Waals surface area (Å²) in [5.74, 6) is 0.146. The number of hydrogen-bond acceptors (Lipinski definition) is 5. The topological polar surface area (TPSA) is 120 Å². The van der Waals surface area contributed by atoms with Crippen molar-refractivity contribution in [2.45, 2.75) is 32.2 Å². The summed E-state index contributed by atoms with van der Waals surface area (Å²) in [6.07, 6.45) is 2.02. The van der Waals surface area contributed by atoms with Crippen molar-refractivity contribution in [3.05, 3.63) is 12.2 Å². The van der Waals surface area contributed by atoms with Gasteiger partial charge in [-0.05, 0) is 13.8 Å². The van der Waals surface area contributed by atoms with Crippen molar-refractivity contribution in [2.75, 3.05) is 13.1 Å². The molecule has 1 aromatic rings. The number of nitrogens with one attached hydrogen (secondary N) is 3. The molecule has 0 atom stereocenters. The number of imide groups is 1. The van der Waals surface area contributed by atoms with Gasteiger partial charge in [-0.3, -0.25) is 19.6 Å². The average Bonchev–Trinajstić information content (AvgIpc) is 2.97. The van der Waals surface area contributed by atoms with Crippen LogP contribution in [0.5, 0.6) is 0 Å². The molecule has 0 spiro atoms. The highest BCUT2D eigenvalue weighted by atomic mass is 16.2. The summed E-state index contributed by atoms with van der Waals surface area (Å²) in [5, 5.41) is 11.7. The van der Waals surface area contributed by atoms with E-state index in [0.29, 0.717) is 18.8 Å². The van der Waals surface area contributed by atoms with Crippen LogP contribution < -0.4 is 10.6 Å². The van der Waals surface area contributed by atoms with Crippen molar-refractivity contribution in [2.24, 2.45) is 0 Å². The van der Waals surface area contributed by atoms with E-state index in [1.165, 1.54) is 6.33 Å². The molecule has 0 aliphatic carbocycles. The Kier molecular flexibility index (Phi) is 4.20. The first kappa shape index (κ1) is 14.9. The number of nitrogens with zero attached hydrogens (tertiary/aromatic N) is 3. The van der Waals surface area contributed by atoms with E-state index in [1.54, 1.807) is 13.8 Å². The second kappa shape index (κ2) is 5.90. The van der Waals surface area contributed by atoms with E-state index in [4.69, 9.17) is 0 Å². The zero-order valence-corrected chi connectivity index (χ0v) is 12.0. The first-order valence-corrected chi connectivity index (χ1v) is 6.65. The van der Waals surface area contributed by atoms with Gasteiger partial charge in [0.2, 0.25) is 5.91 Å². The normalized spacial score (nSPS) is 17.0. The molecule has 1 aliphatic heterocycles. The van der Waals surface area contributed by atoms with E-state index >= 15 is 0 Å². The van der Waals surface area contributed by atoms with Crippen molar-refractivity contribution in [3.8, 4) is 0 Å². The molecule has 0 aromatic carbocycles. The fraction of sp³-hybridized carbons (Fsp3) is 0.583. The van der Waals surface area contributed by atoms with Crippen LogP contribution >= 0.6 is 0 Å². The van der Waals surface area contributed by atoms with Crippen molar-refractivity contribution < 1.29 is 14.4 Å². The van der Waals surface area contributed by atoms with E-state index in [0.717, 1.165) is 4.90 Å². The van der Waals surface area contributed by atoms with E-state index in [-0.39, 0.29) is 24.8 Å². The number of hydrogen-bond donors (Lipinski definition) is 3. The number of aromatic amines is 1. The molecule has 2 rings (SSSR count). The number of urea groups is 1. The van der Waals surface area contributed by atoms with Crippen LogP contribution in [0.3, 0.4) is 0 Å². The van der Waals surface area contributed by atoms with Gasteiger partial charge in [0.1, 0.15) is 17.7 Å². The van der Waals surface area contributed by atoms with Gasteiger partial charge < -0.3 is 10.6 Å². The summed E-state index contributed by atoms with van der Waals surface area (Å²) in [6.45, 7) is 3.75. The fourth-order valence-electron chi connectivity index (χ4n) is 1.99. The molecule has 1 aliphatic rings. The number of carbonyl (C=O) groups is 3. The first-order valence-electron chi connectivity index (χ1n) is 6.65. The van der Waals surface area contributed by atoms with Gasteiger partial charge in [-0.1, -0.05) is 0 Å². The van der Waals surface area contributed by atoms with Crippen LogP contribution in [0.15, 0.2) is 6.33 Å².